The number of hydrogen-bond donors (Lipinski definition) is 0. The van der Waals surface area contributed by atoms with E-state index in [0.717, 1.165) is 5.56 Å². The zero-order chi connectivity index (χ0) is 10.8. The smallest absolute Gasteiger partial charge is 0.316 e. The maximum Gasteiger partial charge on any atom is 0.316 e. The normalized spacial score (nSPS) is 20.1. The van der Waals surface area contributed by atoms with Crippen LogP contribution in [-0.2, 0) is 9.53 Å². The minimum atomic E-state index is -0.592. The predicted molar refractivity (Wildman–Crippen MR) is 54.6 cm³/mol. The third-order valence-electron chi connectivity index (χ3n) is 2.66. The van der Waals surface area contributed by atoms with Crippen molar-refractivity contribution in [2.75, 3.05) is 6.61 Å². The number of cyclic esters (lactones) is 1. The van der Waals surface area contributed by atoms with Gasteiger partial charge in [-0.2, -0.15) is 0 Å². The Labute approximate surface area is 88.1 Å². The Kier molecular flexibility index (Phi) is 2.54. The molecule has 0 aliphatic carbocycles. The zero-order valence-electron chi connectivity index (χ0n) is 8.53. The van der Waals surface area contributed by atoms with Crippen LogP contribution in [0.1, 0.15) is 22.3 Å². The Bertz CT molecular complexity index is 409. The molecule has 1 saturated heterocycles. The van der Waals surface area contributed by atoms with Gasteiger partial charge in [-0.05, 0) is 12.5 Å². The zero-order valence-corrected chi connectivity index (χ0v) is 8.53. The molecule has 0 saturated carbocycles. The Balaban J connectivity index is 2.28. The van der Waals surface area contributed by atoms with Gasteiger partial charge < -0.3 is 4.74 Å². The molecule has 15 heavy (non-hydrogen) atoms. The highest BCUT2D eigenvalue weighted by molar-refractivity contribution is 6.09. The van der Waals surface area contributed by atoms with Gasteiger partial charge >= 0.3 is 5.97 Å². The molecule has 0 radical (unpaired) electrons. The number of carbonyl (C=O) groups is 2. The minimum Gasteiger partial charge on any atom is -0.465 e. The first-order chi connectivity index (χ1) is 7.20. The second-order valence-electron chi connectivity index (χ2n) is 3.69. The van der Waals surface area contributed by atoms with Gasteiger partial charge in [-0.25, -0.2) is 0 Å². The van der Waals surface area contributed by atoms with Gasteiger partial charge in [-0.15, -0.1) is 0 Å². The summed E-state index contributed by atoms with van der Waals surface area (Å²) < 4.78 is 4.79. The summed E-state index contributed by atoms with van der Waals surface area (Å²) in [5.74, 6) is -1.09. The molecule has 1 aliphatic heterocycles. The van der Waals surface area contributed by atoms with E-state index in [1.165, 1.54) is 0 Å². The van der Waals surface area contributed by atoms with Gasteiger partial charge in [0.1, 0.15) is 5.92 Å². The Morgan fingerprint density at radius 3 is 2.73 bits per heavy atom. The second kappa shape index (κ2) is 3.85. The minimum absolute atomic E-state index is 0.115. The number of Topliss-reactive ketones (excluding diaryl/α,β-unsaturated/α-hetero) is 1. The van der Waals surface area contributed by atoms with Crippen LogP contribution in [0.3, 0.4) is 0 Å². The molecule has 0 N–H and O–H groups in total. The molecular formula is C12H12O3. The van der Waals surface area contributed by atoms with E-state index in [0.29, 0.717) is 18.6 Å². The fourth-order valence-electron chi connectivity index (χ4n) is 1.77. The molecular weight excluding hydrogens is 192 g/mol. The fourth-order valence-corrected chi connectivity index (χ4v) is 1.77. The highest BCUT2D eigenvalue weighted by Gasteiger charge is 2.34. The number of ether oxygens (including phenoxy) is 1. The maximum absolute atomic E-state index is 12.0. The highest BCUT2D eigenvalue weighted by atomic mass is 16.5. The monoisotopic (exact) mass is 204 g/mol. The van der Waals surface area contributed by atoms with E-state index in [1.54, 1.807) is 12.1 Å². The van der Waals surface area contributed by atoms with Crippen molar-refractivity contribution in [3.05, 3.63) is 35.4 Å². The first-order valence-corrected chi connectivity index (χ1v) is 4.96. The third kappa shape index (κ3) is 1.77. The highest BCUT2D eigenvalue weighted by Crippen LogP contribution is 2.21. The van der Waals surface area contributed by atoms with Crippen molar-refractivity contribution in [3.63, 3.8) is 0 Å². The lowest BCUT2D eigenvalue weighted by molar-refractivity contribution is -0.140. The van der Waals surface area contributed by atoms with E-state index >= 15 is 0 Å². The molecule has 1 fully saturated rings. The Morgan fingerprint density at radius 1 is 1.40 bits per heavy atom. The van der Waals surface area contributed by atoms with Crippen LogP contribution in [0.2, 0.25) is 0 Å². The van der Waals surface area contributed by atoms with Gasteiger partial charge in [-0.3, -0.25) is 9.59 Å². The van der Waals surface area contributed by atoms with Gasteiger partial charge in [0.05, 0.1) is 6.61 Å². The number of esters is 1. The van der Waals surface area contributed by atoms with E-state index < -0.39 is 5.92 Å². The largest absolute Gasteiger partial charge is 0.465 e. The van der Waals surface area contributed by atoms with Crippen molar-refractivity contribution in [1.29, 1.82) is 0 Å². The Morgan fingerprint density at radius 2 is 2.13 bits per heavy atom. The number of rotatable bonds is 2. The van der Waals surface area contributed by atoms with E-state index in [2.05, 4.69) is 0 Å². The first-order valence-electron chi connectivity index (χ1n) is 4.96. The molecule has 1 heterocycles. The predicted octanol–water partition coefficient (Wildman–Crippen LogP) is 1.74. The lowest BCUT2D eigenvalue weighted by Crippen LogP contribution is -2.20. The van der Waals surface area contributed by atoms with Crippen molar-refractivity contribution < 1.29 is 14.3 Å². The van der Waals surface area contributed by atoms with Crippen LogP contribution in [0, 0.1) is 12.8 Å². The van der Waals surface area contributed by atoms with Crippen molar-refractivity contribution in [1.82, 2.24) is 0 Å². The fraction of sp³-hybridized carbons (Fsp3) is 0.333. The third-order valence-corrected chi connectivity index (χ3v) is 2.66. The van der Waals surface area contributed by atoms with Gasteiger partial charge in [0.15, 0.2) is 5.78 Å². The summed E-state index contributed by atoms with van der Waals surface area (Å²) in [7, 11) is 0. The molecule has 2 rings (SSSR count). The van der Waals surface area contributed by atoms with Crippen LogP contribution in [-0.4, -0.2) is 18.4 Å². The van der Waals surface area contributed by atoms with E-state index in [1.807, 2.05) is 19.1 Å². The molecule has 1 unspecified atom stereocenters. The van der Waals surface area contributed by atoms with Gasteiger partial charge in [0.2, 0.25) is 0 Å². The quantitative estimate of drug-likeness (QED) is 0.418. The van der Waals surface area contributed by atoms with Crippen LogP contribution in [0.15, 0.2) is 24.3 Å². The summed E-state index contributed by atoms with van der Waals surface area (Å²) in [6.07, 6.45) is 0.506. The second-order valence-corrected chi connectivity index (χ2v) is 3.69. The lowest BCUT2D eigenvalue weighted by Gasteiger charge is -2.07. The number of aryl methyl sites for hydroxylation is 1. The van der Waals surface area contributed by atoms with Crippen LogP contribution in [0.4, 0.5) is 0 Å². The molecule has 1 aliphatic rings. The number of ketones is 1. The topological polar surface area (TPSA) is 43.4 Å². The molecule has 0 spiro atoms. The van der Waals surface area contributed by atoms with Crippen LogP contribution < -0.4 is 0 Å². The SMILES string of the molecule is Cc1ccccc1C(=O)C1CCOC1=O. The summed E-state index contributed by atoms with van der Waals surface area (Å²) >= 11 is 0. The maximum atomic E-state index is 12.0. The van der Waals surface area contributed by atoms with Crippen LogP contribution >= 0.6 is 0 Å². The summed E-state index contributed by atoms with van der Waals surface area (Å²) in [5.41, 5.74) is 1.53. The van der Waals surface area contributed by atoms with Crippen molar-refractivity contribution >= 4 is 11.8 Å². The number of benzene rings is 1. The van der Waals surface area contributed by atoms with Gasteiger partial charge in [0, 0.05) is 12.0 Å². The molecule has 1 aromatic rings. The van der Waals surface area contributed by atoms with Crippen LogP contribution in [0.25, 0.3) is 0 Å². The Hall–Kier alpha value is -1.64. The lowest BCUT2D eigenvalue weighted by atomic mass is 9.94. The molecule has 1 aromatic carbocycles. The van der Waals surface area contributed by atoms with E-state index in [-0.39, 0.29) is 11.8 Å². The average molecular weight is 204 g/mol. The van der Waals surface area contributed by atoms with Crippen molar-refractivity contribution in [2.45, 2.75) is 13.3 Å². The van der Waals surface area contributed by atoms with Gasteiger partial charge in [0.25, 0.3) is 0 Å². The van der Waals surface area contributed by atoms with E-state index in [9.17, 15) is 9.59 Å². The summed E-state index contributed by atoms with van der Waals surface area (Å²) in [4.78, 5) is 23.2. The molecule has 3 heteroatoms. The summed E-state index contributed by atoms with van der Waals surface area (Å²) in [5, 5.41) is 0. The first kappa shape index (κ1) is 9.90. The molecule has 0 aromatic heterocycles. The number of carbonyl (C=O) groups excluding carboxylic acids is 2. The molecule has 0 amide bonds. The van der Waals surface area contributed by atoms with E-state index in [4.69, 9.17) is 4.74 Å². The van der Waals surface area contributed by atoms with Crippen molar-refractivity contribution in [3.8, 4) is 0 Å². The van der Waals surface area contributed by atoms with Crippen molar-refractivity contribution in [2.24, 2.45) is 5.92 Å². The molecule has 78 valence electrons. The summed E-state index contributed by atoms with van der Waals surface area (Å²) in [6, 6.07) is 7.30. The molecule has 0 bridgehead atoms. The number of hydrogen-bond acceptors (Lipinski definition) is 3. The molecule has 1 atom stereocenters. The van der Waals surface area contributed by atoms with Gasteiger partial charge in [-0.1, -0.05) is 24.3 Å². The average Bonchev–Trinajstić information content (AvgIpc) is 2.64. The standard InChI is InChI=1S/C12H12O3/c1-8-4-2-3-5-9(8)11(13)10-6-7-15-12(10)14/h2-5,10H,6-7H2,1H3. The van der Waals surface area contributed by atoms with Crippen LogP contribution in [0.5, 0.6) is 0 Å². The summed E-state index contributed by atoms with van der Waals surface area (Å²) in [6.45, 7) is 2.23. The molecule has 3 nitrogen and oxygen atoms in total.